The van der Waals surface area contributed by atoms with E-state index in [0.717, 1.165) is 38.2 Å². The second-order valence-electron chi connectivity index (χ2n) is 7.48. The summed E-state index contributed by atoms with van der Waals surface area (Å²) in [6, 6.07) is 14.3. The minimum Gasteiger partial charge on any atom is -0.360 e. The first-order valence-electron chi connectivity index (χ1n) is 10.1. The van der Waals surface area contributed by atoms with Gasteiger partial charge in [0.2, 0.25) is 5.91 Å². The van der Waals surface area contributed by atoms with E-state index in [1.165, 1.54) is 17.3 Å². The molecule has 4 rings (SSSR count). The second kappa shape index (κ2) is 9.75. The van der Waals surface area contributed by atoms with Gasteiger partial charge in [0.15, 0.2) is 11.0 Å². The predicted molar refractivity (Wildman–Crippen MR) is 118 cm³/mol. The van der Waals surface area contributed by atoms with E-state index in [2.05, 4.69) is 55.7 Å². The third-order valence-electron chi connectivity index (χ3n) is 5.15. The van der Waals surface area contributed by atoms with Crippen LogP contribution in [0.3, 0.4) is 0 Å². The summed E-state index contributed by atoms with van der Waals surface area (Å²) in [5.74, 6) is 2.77. The largest absolute Gasteiger partial charge is 0.360 e. The number of amides is 1. The first-order chi connectivity index (χ1) is 14.7. The molecule has 1 aliphatic rings. The molecule has 0 aliphatic carbocycles. The Morgan fingerprint density at radius 3 is 2.77 bits per heavy atom. The van der Waals surface area contributed by atoms with Crippen LogP contribution in [0.1, 0.15) is 24.2 Å². The molecule has 2 aromatic heterocycles. The molecule has 1 N–H and O–H groups in total. The fourth-order valence-electron chi connectivity index (χ4n) is 3.63. The van der Waals surface area contributed by atoms with Crippen molar-refractivity contribution in [1.29, 1.82) is 0 Å². The number of benzene rings is 1. The van der Waals surface area contributed by atoms with Crippen molar-refractivity contribution in [2.75, 3.05) is 29.1 Å². The van der Waals surface area contributed by atoms with Gasteiger partial charge in [-0.3, -0.25) is 4.79 Å². The zero-order valence-electron chi connectivity index (χ0n) is 17.0. The molecule has 1 aliphatic heterocycles. The van der Waals surface area contributed by atoms with Crippen molar-refractivity contribution in [1.82, 2.24) is 15.1 Å². The molecule has 1 fully saturated rings. The van der Waals surface area contributed by atoms with Gasteiger partial charge < -0.3 is 14.7 Å². The van der Waals surface area contributed by atoms with E-state index in [-0.39, 0.29) is 11.7 Å². The number of thioether (sulfide) groups is 1. The highest BCUT2D eigenvalue weighted by molar-refractivity contribution is 7.99. The average molecular weight is 424 g/mol. The molecule has 0 spiro atoms. The quantitative estimate of drug-likeness (QED) is 0.455. The minimum atomic E-state index is -0.163. The number of aryl methyl sites for hydroxylation is 1. The van der Waals surface area contributed by atoms with Crippen molar-refractivity contribution in [2.45, 2.75) is 31.3 Å². The highest BCUT2D eigenvalue weighted by Gasteiger charge is 2.21. The lowest BCUT2D eigenvalue weighted by atomic mass is 9.90. The SMILES string of the molecule is Cc1cc(NC(=O)CSc2nccc(N3CCC(Cc4ccccc4)CC3)n2)no1. The van der Waals surface area contributed by atoms with Crippen LogP contribution in [0.5, 0.6) is 0 Å². The monoisotopic (exact) mass is 423 g/mol. The molecule has 3 heterocycles. The molecule has 8 heteroatoms. The van der Waals surface area contributed by atoms with Gasteiger partial charge in [-0.05, 0) is 43.7 Å². The van der Waals surface area contributed by atoms with Crippen LogP contribution < -0.4 is 10.2 Å². The van der Waals surface area contributed by atoms with Crippen LogP contribution >= 0.6 is 11.8 Å². The molecule has 0 saturated carbocycles. The Labute approximate surface area is 180 Å². The fourth-order valence-corrected chi connectivity index (χ4v) is 4.25. The average Bonchev–Trinajstić information content (AvgIpc) is 3.18. The van der Waals surface area contributed by atoms with Gasteiger partial charge in [0.1, 0.15) is 11.6 Å². The van der Waals surface area contributed by atoms with Gasteiger partial charge in [-0.2, -0.15) is 0 Å². The molecule has 0 radical (unpaired) electrons. The first-order valence-corrected chi connectivity index (χ1v) is 11.1. The van der Waals surface area contributed by atoms with Gasteiger partial charge in [-0.25, -0.2) is 9.97 Å². The van der Waals surface area contributed by atoms with E-state index in [0.29, 0.717) is 22.7 Å². The standard InChI is InChI=1S/C22H25N5O2S/c1-16-13-19(26-29-16)24-21(28)15-30-22-23-10-7-20(25-22)27-11-8-18(9-12-27)14-17-5-3-2-4-6-17/h2-7,10,13,18H,8-9,11-12,14-15H2,1H3,(H,24,26,28). The Morgan fingerprint density at radius 1 is 1.23 bits per heavy atom. The summed E-state index contributed by atoms with van der Waals surface area (Å²) in [7, 11) is 0. The van der Waals surface area contributed by atoms with Crippen molar-refractivity contribution >= 4 is 29.3 Å². The summed E-state index contributed by atoms with van der Waals surface area (Å²) < 4.78 is 4.95. The van der Waals surface area contributed by atoms with E-state index >= 15 is 0 Å². The molecular weight excluding hydrogens is 398 g/mol. The highest BCUT2D eigenvalue weighted by Crippen LogP contribution is 2.25. The molecule has 0 atom stereocenters. The van der Waals surface area contributed by atoms with Crippen LogP contribution in [0.15, 0.2) is 58.3 Å². The van der Waals surface area contributed by atoms with E-state index in [1.54, 1.807) is 19.2 Å². The van der Waals surface area contributed by atoms with Crippen LogP contribution in [0.4, 0.5) is 11.6 Å². The van der Waals surface area contributed by atoms with Crippen molar-refractivity contribution in [3.8, 4) is 0 Å². The maximum atomic E-state index is 12.1. The summed E-state index contributed by atoms with van der Waals surface area (Å²) in [4.78, 5) is 23.4. The summed E-state index contributed by atoms with van der Waals surface area (Å²) in [6.07, 6.45) is 5.21. The van der Waals surface area contributed by atoms with Crippen LogP contribution in [0, 0.1) is 12.8 Å². The van der Waals surface area contributed by atoms with Crippen molar-refractivity contribution < 1.29 is 9.32 Å². The Bertz CT molecular complexity index is 970. The number of nitrogens with zero attached hydrogens (tertiary/aromatic N) is 4. The minimum absolute atomic E-state index is 0.163. The fraction of sp³-hybridized carbons (Fsp3) is 0.364. The summed E-state index contributed by atoms with van der Waals surface area (Å²) >= 11 is 1.32. The maximum absolute atomic E-state index is 12.1. The number of hydrogen-bond acceptors (Lipinski definition) is 7. The molecule has 7 nitrogen and oxygen atoms in total. The van der Waals surface area contributed by atoms with Crippen LogP contribution in [-0.2, 0) is 11.2 Å². The maximum Gasteiger partial charge on any atom is 0.236 e. The van der Waals surface area contributed by atoms with Gasteiger partial charge in [0.25, 0.3) is 0 Å². The third-order valence-corrected chi connectivity index (χ3v) is 6.01. The van der Waals surface area contributed by atoms with Gasteiger partial charge >= 0.3 is 0 Å². The number of rotatable bonds is 7. The third kappa shape index (κ3) is 5.60. The normalized spacial score (nSPS) is 14.6. The smallest absolute Gasteiger partial charge is 0.236 e. The van der Waals surface area contributed by atoms with E-state index in [4.69, 9.17) is 4.52 Å². The number of carbonyl (C=O) groups excluding carboxylic acids is 1. The van der Waals surface area contributed by atoms with Gasteiger partial charge in [-0.1, -0.05) is 47.3 Å². The van der Waals surface area contributed by atoms with Gasteiger partial charge in [0.05, 0.1) is 5.75 Å². The Balaban J connectivity index is 1.26. The molecule has 0 unspecified atom stereocenters. The van der Waals surface area contributed by atoms with Crippen LogP contribution in [-0.4, -0.2) is 39.9 Å². The number of nitrogens with one attached hydrogen (secondary N) is 1. The van der Waals surface area contributed by atoms with Crippen LogP contribution in [0.25, 0.3) is 0 Å². The predicted octanol–water partition coefficient (Wildman–Crippen LogP) is 3.96. The number of aromatic nitrogens is 3. The molecule has 1 amide bonds. The molecule has 3 aromatic rings. The van der Waals surface area contributed by atoms with E-state index in [9.17, 15) is 4.79 Å². The van der Waals surface area contributed by atoms with Gasteiger partial charge in [0, 0.05) is 25.4 Å². The van der Waals surface area contributed by atoms with Crippen molar-refractivity contribution in [3.63, 3.8) is 0 Å². The number of carbonyl (C=O) groups is 1. The summed E-state index contributed by atoms with van der Waals surface area (Å²) in [5, 5.41) is 7.07. The summed E-state index contributed by atoms with van der Waals surface area (Å²) in [6.45, 7) is 3.76. The lowest BCUT2D eigenvalue weighted by Gasteiger charge is -2.33. The molecule has 1 saturated heterocycles. The Morgan fingerprint density at radius 2 is 2.03 bits per heavy atom. The Kier molecular flexibility index (Phi) is 6.63. The molecule has 30 heavy (non-hydrogen) atoms. The second-order valence-corrected chi connectivity index (χ2v) is 8.42. The number of anilines is 2. The lowest BCUT2D eigenvalue weighted by Crippen LogP contribution is -2.35. The zero-order chi connectivity index (χ0) is 20.8. The topological polar surface area (TPSA) is 84.2 Å². The zero-order valence-corrected chi connectivity index (χ0v) is 17.8. The summed E-state index contributed by atoms with van der Waals surface area (Å²) in [5.41, 5.74) is 1.41. The van der Waals surface area contributed by atoms with Crippen molar-refractivity contribution in [3.05, 3.63) is 60.0 Å². The molecule has 0 bridgehead atoms. The van der Waals surface area contributed by atoms with E-state index < -0.39 is 0 Å². The van der Waals surface area contributed by atoms with Crippen LogP contribution in [0.2, 0.25) is 0 Å². The lowest BCUT2D eigenvalue weighted by molar-refractivity contribution is -0.113. The van der Waals surface area contributed by atoms with E-state index in [1.807, 2.05) is 6.07 Å². The molecule has 156 valence electrons. The molecular formula is C22H25N5O2S. The molecule has 1 aromatic carbocycles. The Hall–Kier alpha value is -2.87. The first kappa shape index (κ1) is 20.4. The van der Waals surface area contributed by atoms with Gasteiger partial charge in [-0.15, -0.1) is 0 Å². The highest BCUT2D eigenvalue weighted by atomic mass is 32.2. The van der Waals surface area contributed by atoms with Crippen molar-refractivity contribution in [2.24, 2.45) is 5.92 Å². The number of piperidine rings is 1. The number of hydrogen-bond donors (Lipinski definition) is 1.